The van der Waals surface area contributed by atoms with Crippen molar-refractivity contribution in [2.75, 3.05) is 59.4 Å². The first-order chi connectivity index (χ1) is 14.9. The zero-order valence-corrected chi connectivity index (χ0v) is 18.2. The Bertz CT molecular complexity index is 793. The number of nitrogens with zero attached hydrogens (tertiary/aromatic N) is 2. The summed E-state index contributed by atoms with van der Waals surface area (Å²) in [5.41, 5.74) is 0.552. The Morgan fingerprint density at radius 2 is 1.58 bits per heavy atom. The van der Waals surface area contributed by atoms with Crippen molar-refractivity contribution in [3.8, 4) is 17.2 Å². The molecule has 0 bridgehead atoms. The second kappa shape index (κ2) is 10.3. The number of amides is 3. The molecule has 1 aliphatic carbocycles. The summed E-state index contributed by atoms with van der Waals surface area (Å²) >= 11 is 0. The van der Waals surface area contributed by atoms with Gasteiger partial charge in [0.1, 0.15) is 0 Å². The molecule has 3 rings (SSSR count). The third-order valence-corrected chi connectivity index (χ3v) is 5.37. The summed E-state index contributed by atoms with van der Waals surface area (Å²) in [4.78, 5) is 40.2. The van der Waals surface area contributed by atoms with Crippen LogP contribution >= 0.6 is 0 Å². The van der Waals surface area contributed by atoms with Crippen LogP contribution in [0.25, 0.3) is 0 Å². The van der Waals surface area contributed by atoms with E-state index in [0.717, 1.165) is 12.8 Å². The van der Waals surface area contributed by atoms with Crippen molar-refractivity contribution < 1.29 is 28.6 Å². The molecule has 1 aliphatic heterocycles. The van der Waals surface area contributed by atoms with E-state index >= 15 is 0 Å². The molecule has 1 aromatic rings. The molecule has 170 valence electrons. The molecule has 2 fully saturated rings. The van der Waals surface area contributed by atoms with Crippen LogP contribution < -0.4 is 24.8 Å². The Morgan fingerprint density at radius 3 is 2.10 bits per heavy atom. The number of carbonyl (C=O) groups is 3. The third-order valence-electron chi connectivity index (χ3n) is 5.37. The Labute approximate surface area is 181 Å². The van der Waals surface area contributed by atoms with Gasteiger partial charge in [-0.15, -0.1) is 0 Å². The van der Waals surface area contributed by atoms with Crippen LogP contribution in [0.1, 0.15) is 19.3 Å². The Hall–Kier alpha value is -3.01. The van der Waals surface area contributed by atoms with Gasteiger partial charge in [-0.1, -0.05) is 0 Å². The topological polar surface area (TPSA) is 109 Å². The quantitative estimate of drug-likeness (QED) is 0.572. The van der Waals surface area contributed by atoms with E-state index in [4.69, 9.17) is 14.2 Å². The largest absolute Gasteiger partial charge is 0.493 e. The summed E-state index contributed by atoms with van der Waals surface area (Å²) in [6, 6.07) is 3.52. The average Bonchev–Trinajstić information content (AvgIpc) is 3.60. The van der Waals surface area contributed by atoms with E-state index in [1.807, 2.05) is 0 Å². The van der Waals surface area contributed by atoms with E-state index in [2.05, 4.69) is 15.5 Å². The van der Waals surface area contributed by atoms with Crippen LogP contribution in [0.4, 0.5) is 5.69 Å². The smallest absolute Gasteiger partial charge is 0.311 e. The molecular formula is C21H30N4O6. The molecule has 0 unspecified atom stereocenters. The lowest BCUT2D eigenvalue weighted by Gasteiger charge is -2.34. The number of ether oxygens (including phenoxy) is 3. The van der Waals surface area contributed by atoms with Crippen LogP contribution in [0.2, 0.25) is 0 Å². The number of rotatable bonds is 8. The van der Waals surface area contributed by atoms with E-state index in [1.54, 1.807) is 17.0 Å². The summed E-state index contributed by atoms with van der Waals surface area (Å²) in [5, 5.41) is 5.58. The number of carbonyl (C=O) groups excluding carboxylic acids is 3. The number of methoxy groups -OCH3 is 3. The molecule has 10 heteroatoms. The molecule has 1 saturated carbocycles. The highest BCUT2D eigenvalue weighted by molar-refractivity contribution is 6.35. The zero-order valence-electron chi connectivity index (χ0n) is 18.2. The van der Waals surface area contributed by atoms with Crippen molar-refractivity contribution in [2.24, 2.45) is 0 Å². The van der Waals surface area contributed by atoms with Gasteiger partial charge in [0.25, 0.3) is 0 Å². The number of hydrogen-bond acceptors (Lipinski definition) is 7. The van der Waals surface area contributed by atoms with Gasteiger partial charge in [-0.05, 0) is 12.8 Å². The molecule has 31 heavy (non-hydrogen) atoms. The van der Waals surface area contributed by atoms with Crippen LogP contribution in [-0.2, 0) is 14.4 Å². The maximum Gasteiger partial charge on any atom is 0.311 e. The molecule has 2 aliphatic rings. The van der Waals surface area contributed by atoms with Gasteiger partial charge in [-0.25, -0.2) is 0 Å². The second-order valence-corrected chi connectivity index (χ2v) is 7.59. The lowest BCUT2D eigenvalue weighted by molar-refractivity contribution is -0.147. The minimum atomic E-state index is -0.513. The fraction of sp³-hybridized carbons (Fsp3) is 0.571. The highest BCUT2D eigenvalue weighted by atomic mass is 16.5. The summed E-state index contributed by atoms with van der Waals surface area (Å²) in [7, 11) is 4.55. The van der Waals surface area contributed by atoms with Crippen molar-refractivity contribution in [3.05, 3.63) is 12.1 Å². The van der Waals surface area contributed by atoms with Crippen LogP contribution in [0.5, 0.6) is 17.2 Å². The van der Waals surface area contributed by atoms with Crippen molar-refractivity contribution in [1.29, 1.82) is 0 Å². The third kappa shape index (κ3) is 6.00. The normalized spacial score (nSPS) is 16.4. The molecular weight excluding hydrogens is 404 g/mol. The van der Waals surface area contributed by atoms with Gasteiger partial charge in [0.15, 0.2) is 11.5 Å². The van der Waals surface area contributed by atoms with Crippen LogP contribution in [0.3, 0.4) is 0 Å². The summed E-state index contributed by atoms with van der Waals surface area (Å²) in [5.74, 6) is 0.262. The molecule has 3 amide bonds. The van der Waals surface area contributed by atoms with Crippen molar-refractivity contribution >= 4 is 23.4 Å². The van der Waals surface area contributed by atoms with Crippen molar-refractivity contribution in [2.45, 2.75) is 25.3 Å². The van der Waals surface area contributed by atoms with E-state index in [1.165, 1.54) is 21.3 Å². The second-order valence-electron chi connectivity index (χ2n) is 7.59. The molecule has 0 radical (unpaired) electrons. The zero-order chi connectivity index (χ0) is 22.4. The lowest BCUT2D eigenvalue weighted by atomic mass is 10.2. The molecule has 0 spiro atoms. The van der Waals surface area contributed by atoms with E-state index in [-0.39, 0.29) is 11.9 Å². The van der Waals surface area contributed by atoms with Gasteiger partial charge >= 0.3 is 11.8 Å². The first-order valence-electron chi connectivity index (χ1n) is 10.4. The Balaban J connectivity index is 1.44. The van der Waals surface area contributed by atoms with Gasteiger partial charge in [0.2, 0.25) is 11.7 Å². The van der Waals surface area contributed by atoms with Gasteiger partial charge in [0.05, 0.1) is 21.3 Å². The first-order valence-corrected chi connectivity index (χ1v) is 10.4. The molecule has 0 atom stereocenters. The highest BCUT2D eigenvalue weighted by Crippen LogP contribution is 2.39. The van der Waals surface area contributed by atoms with Gasteiger partial charge in [0, 0.05) is 63.0 Å². The molecule has 1 saturated heterocycles. The van der Waals surface area contributed by atoms with Crippen molar-refractivity contribution in [3.63, 3.8) is 0 Å². The average molecular weight is 434 g/mol. The predicted octanol–water partition coefficient (Wildman–Crippen LogP) is 0.464. The van der Waals surface area contributed by atoms with E-state index < -0.39 is 11.8 Å². The van der Waals surface area contributed by atoms with Crippen LogP contribution in [0.15, 0.2) is 12.1 Å². The highest BCUT2D eigenvalue weighted by Gasteiger charge is 2.30. The number of hydrogen-bond donors (Lipinski definition) is 2. The molecule has 2 N–H and O–H groups in total. The fourth-order valence-electron chi connectivity index (χ4n) is 3.43. The number of anilines is 1. The maximum atomic E-state index is 12.4. The fourth-order valence-corrected chi connectivity index (χ4v) is 3.43. The van der Waals surface area contributed by atoms with Crippen molar-refractivity contribution in [1.82, 2.24) is 15.1 Å². The molecule has 0 aromatic heterocycles. The number of piperazine rings is 1. The SMILES string of the molecule is COc1cc(NC(=O)CCN2CCN(C(=O)C(=O)NC3CC3)CC2)cc(OC)c1OC. The van der Waals surface area contributed by atoms with Gasteiger partial charge in [-0.3, -0.25) is 19.3 Å². The summed E-state index contributed by atoms with van der Waals surface area (Å²) in [6.45, 7) is 2.77. The van der Waals surface area contributed by atoms with Crippen LogP contribution in [-0.4, -0.2) is 87.6 Å². The summed E-state index contributed by atoms with van der Waals surface area (Å²) in [6.07, 6.45) is 2.20. The molecule has 10 nitrogen and oxygen atoms in total. The minimum Gasteiger partial charge on any atom is -0.493 e. The number of benzene rings is 1. The monoisotopic (exact) mass is 434 g/mol. The Kier molecular flexibility index (Phi) is 7.56. The van der Waals surface area contributed by atoms with E-state index in [9.17, 15) is 14.4 Å². The first kappa shape index (κ1) is 22.7. The van der Waals surface area contributed by atoms with Gasteiger partial charge in [-0.2, -0.15) is 0 Å². The maximum absolute atomic E-state index is 12.4. The number of nitrogens with one attached hydrogen (secondary N) is 2. The van der Waals surface area contributed by atoms with Gasteiger partial charge < -0.3 is 29.7 Å². The van der Waals surface area contributed by atoms with Crippen LogP contribution in [0, 0.1) is 0 Å². The van der Waals surface area contributed by atoms with E-state index in [0.29, 0.717) is 62.1 Å². The molecule has 1 aromatic carbocycles. The predicted molar refractivity (Wildman–Crippen MR) is 114 cm³/mol. The lowest BCUT2D eigenvalue weighted by Crippen LogP contribution is -2.53. The summed E-state index contributed by atoms with van der Waals surface area (Å²) < 4.78 is 15.9. The minimum absolute atomic E-state index is 0.142. The Morgan fingerprint density at radius 1 is 0.968 bits per heavy atom. The molecule has 1 heterocycles. The standard InChI is InChI=1S/C21H30N4O6/c1-29-16-12-15(13-17(30-2)19(16)31-3)22-18(26)6-7-24-8-10-25(11-9-24)21(28)20(27)23-14-4-5-14/h12-14H,4-11H2,1-3H3,(H,22,26)(H,23,27).